The van der Waals surface area contributed by atoms with Gasteiger partial charge in [-0.05, 0) is 23.0 Å². The molecule has 1 aliphatic carbocycles. The van der Waals surface area contributed by atoms with E-state index in [1.807, 2.05) is 44.2 Å². The van der Waals surface area contributed by atoms with Gasteiger partial charge in [0.15, 0.2) is 5.78 Å². The van der Waals surface area contributed by atoms with Gasteiger partial charge in [-0.3, -0.25) is 9.69 Å². The summed E-state index contributed by atoms with van der Waals surface area (Å²) in [4.78, 5) is 26.3. The van der Waals surface area contributed by atoms with Crippen LogP contribution in [0.4, 0.5) is 4.79 Å². The van der Waals surface area contributed by atoms with Crippen molar-refractivity contribution in [3.8, 4) is 0 Å². The lowest BCUT2D eigenvalue weighted by Gasteiger charge is -2.30. The second-order valence-corrected chi connectivity index (χ2v) is 5.89. The zero-order chi connectivity index (χ0) is 15.1. The number of Topliss-reactive ketones (excluding diaryl/α,β-unsaturated/α-hetero) is 1. The molecule has 4 nitrogen and oxygen atoms in total. The van der Waals surface area contributed by atoms with Crippen molar-refractivity contribution in [2.24, 2.45) is 11.8 Å². The van der Waals surface area contributed by atoms with E-state index in [0.717, 1.165) is 5.56 Å². The van der Waals surface area contributed by atoms with E-state index in [0.29, 0.717) is 12.2 Å². The Morgan fingerprint density at radius 3 is 2.43 bits per heavy atom. The minimum absolute atomic E-state index is 0.0326. The van der Waals surface area contributed by atoms with Gasteiger partial charge in [-0.1, -0.05) is 50.8 Å². The average molecular weight is 285 g/mol. The van der Waals surface area contributed by atoms with Crippen molar-refractivity contribution in [1.29, 1.82) is 0 Å². The van der Waals surface area contributed by atoms with Crippen LogP contribution in [0.5, 0.6) is 0 Å². The number of carbonyl (C=O) groups excluding carboxylic acids is 2. The van der Waals surface area contributed by atoms with Crippen LogP contribution < -0.4 is 0 Å². The first-order valence-corrected chi connectivity index (χ1v) is 7.25. The highest BCUT2D eigenvalue weighted by Gasteiger charge is 2.50. The van der Waals surface area contributed by atoms with Crippen LogP contribution in [0.25, 0.3) is 0 Å². The molecule has 4 atom stereocenters. The molecule has 1 saturated carbocycles. The molecule has 21 heavy (non-hydrogen) atoms. The molecule has 0 N–H and O–H groups in total. The molecular formula is C17H19NO3. The fourth-order valence-corrected chi connectivity index (χ4v) is 3.30. The van der Waals surface area contributed by atoms with Gasteiger partial charge in [0.05, 0.1) is 6.04 Å². The lowest BCUT2D eigenvalue weighted by atomic mass is 9.94. The van der Waals surface area contributed by atoms with Gasteiger partial charge in [0.1, 0.15) is 12.6 Å². The zero-order valence-corrected chi connectivity index (χ0v) is 12.3. The molecule has 1 heterocycles. The fraction of sp³-hybridized carbons (Fsp3) is 0.412. The monoisotopic (exact) mass is 285 g/mol. The van der Waals surface area contributed by atoms with Crippen LogP contribution in [0, 0.1) is 11.8 Å². The first kappa shape index (κ1) is 13.9. The molecule has 1 aromatic rings. The second kappa shape index (κ2) is 5.02. The van der Waals surface area contributed by atoms with E-state index in [2.05, 4.69) is 6.58 Å². The third kappa shape index (κ3) is 2.06. The Kier molecular flexibility index (Phi) is 3.32. The van der Waals surface area contributed by atoms with Crippen molar-refractivity contribution in [3.05, 3.63) is 48.0 Å². The molecule has 2 fully saturated rings. The molecular weight excluding hydrogens is 266 g/mol. The van der Waals surface area contributed by atoms with Gasteiger partial charge in [0, 0.05) is 0 Å². The van der Waals surface area contributed by atoms with Crippen LogP contribution in [0.1, 0.15) is 25.5 Å². The summed E-state index contributed by atoms with van der Waals surface area (Å²) >= 11 is 0. The highest BCUT2D eigenvalue weighted by molar-refractivity contribution is 6.03. The molecule has 110 valence electrons. The van der Waals surface area contributed by atoms with Crippen LogP contribution in [0.15, 0.2) is 42.5 Å². The zero-order valence-electron chi connectivity index (χ0n) is 12.3. The number of nitrogens with zero attached hydrogens (tertiary/aromatic N) is 1. The summed E-state index contributed by atoms with van der Waals surface area (Å²) in [6.45, 7) is 8.16. The van der Waals surface area contributed by atoms with Crippen molar-refractivity contribution in [3.63, 3.8) is 0 Å². The Labute approximate surface area is 124 Å². The topological polar surface area (TPSA) is 46.6 Å². The van der Waals surface area contributed by atoms with Crippen molar-refractivity contribution < 1.29 is 14.3 Å². The fourth-order valence-electron chi connectivity index (χ4n) is 3.30. The molecule has 1 amide bonds. The average Bonchev–Trinajstić information content (AvgIpc) is 2.95. The highest BCUT2D eigenvalue weighted by atomic mass is 16.6. The molecule has 0 radical (unpaired) electrons. The van der Waals surface area contributed by atoms with E-state index in [-0.39, 0.29) is 23.7 Å². The predicted molar refractivity (Wildman–Crippen MR) is 78.6 cm³/mol. The number of rotatable bonds is 2. The number of amides is 1. The molecule has 1 unspecified atom stereocenters. The maximum atomic E-state index is 12.5. The maximum Gasteiger partial charge on any atom is 0.411 e. The third-order valence-electron chi connectivity index (χ3n) is 4.82. The molecule has 3 rings (SSSR count). The molecule has 0 spiro atoms. The van der Waals surface area contributed by atoms with Gasteiger partial charge >= 0.3 is 6.09 Å². The van der Waals surface area contributed by atoms with E-state index < -0.39 is 12.1 Å². The van der Waals surface area contributed by atoms with Gasteiger partial charge < -0.3 is 4.74 Å². The highest BCUT2D eigenvalue weighted by Crippen LogP contribution is 2.41. The quantitative estimate of drug-likeness (QED) is 0.785. The molecule has 2 aliphatic rings. The van der Waals surface area contributed by atoms with Crippen molar-refractivity contribution in [2.75, 3.05) is 6.61 Å². The molecule has 0 aromatic heterocycles. The van der Waals surface area contributed by atoms with E-state index in [9.17, 15) is 9.59 Å². The smallest absolute Gasteiger partial charge is 0.411 e. The number of hydrogen-bond acceptors (Lipinski definition) is 3. The number of ether oxygens (including phenoxy) is 1. The molecule has 1 aliphatic heterocycles. The van der Waals surface area contributed by atoms with E-state index in [4.69, 9.17) is 4.74 Å². The summed E-state index contributed by atoms with van der Waals surface area (Å²) in [5.41, 5.74) is 1.60. The minimum atomic E-state index is -0.465. The van der Waals surface area contributed by atoms with Crippen molar-refractivity contribution >= 4 is 11.9 Å². The number of cyclic esters (lactones) is 1. The summed E-state index contributed by atoms with van der Waals surface area (Å²) in [6.07, 6.45) is -0.407. The van der Waals surface area contributed by atoms with Crippen LogP contribution in [-0.2, 0) is 9.53 Å². The van der Waals surface area contributed by atoms with Gasteiger partial charge in [0.25, 0.3) is 0 Å². The Balaban J connectivity index is 1.97. The largest absolute Gasteiger partial charge is 0.447 e. The standard InChI is InChI=1S/C17H19NO3/c1-10-11(2)15(16(19)12(10)3)18-14(9-21-17(18)20)13-7-5-4-6-8-13/h4-8,10-11,14-15H,3,9H2,1-2H3/t10-,11-,14+,15?/m0/s1. The van der Waals surface area contributed by atoms with E-state index in [1.165, 1.54) is 0 Å². The Bertz CT molecular complexity index is 595. The lowest BCUT2D eigenvalue weighted by Crippen LogP contribution is -2.44. The lowest BCUT2D eigenvalue weighted by molar-refractivity contribution is -0.119. The number of carbonyl (C=O) groups is 2. The van der Waals surface area contributed by atoms with Crippen LogP contribution in [0.3, 0.4) is 0 Å². The normalized spacial score (nSPS) is 32.7. The van der Waals surface area contributed by atoms with Gasteiger partial charge in [0.2, 0.25) is 0 Å². The Morgan fingerprint density at radius 2 is 1.86 bits per heavy atom. The number of ketones is 1. The maximum absolute atomic E-state index is 12.5. The van der Waals surface area contributed by atoms with E-state index >= 15 is 0 Å². The summed E-state index contributed by atoms with van der Waals surface area (Å²) in [5.74, 6) is 0.115. The molecule has 1 aromatic carbocycles. The Morgan fingerprint density at radius 1 is 1.19 bits per heavy atom. The molecule has 1 saturated heterocycles. The first-order valence-electron chi connectivity index (χ1n) is 7.25. The summed E-state index contributed by atoms with van der Waals surface area (Å²) in [6, 6.07) is 9.04. The summed E-state index contributed by atoms with van der Waals surface area (Å²) in [7, 11) is 0. The second-order valence-electron chi connectivity index (χ2n) is 5.89. The van der Waals surface area contributed by atoms with Crippen LogP contribution in [0.2, 0.25) is 0 Å². The molecule has 4 heteroatoms. The SMILES string of the molecule is C=C1C(=O)C(N2C(=O)OC[C@@H]2c2ccccc2)[C@@H](C)[C@@H]1C. The third-order valence-corrected chi connectivity index (χ3v) is 4.82. The number of hydrogen-bond donors (Lipinski definition) is 0. The number of benzene rings is 1. The van der Waals surface area contributed by atoms with Crippen molar-refractivity contribution in [2.45, 2.75) is 25.9 Å². The van der Waals surface area contributed by atoms with Gasteiger partial charge in [-0.15, -0.1) is 0 Å². The van der Waals surface area contributed by atoms with Crippen LogP contribution >= 0.6 is 0 Å². The van der Waals surface area contributed by atoms with Crippen molar-refractivity contribution in [1.82, 2.24) is 4.90 Å². The predicted octanol–water partition coefficient (Wildman–Crippen LogP) is 2.96. The summed E-state index contributed by atoms with van der Waals surface area (Å²) < 4.78 is 5.22. The van der Waals surface area contributed by atoms with Crippen LogP contribution in [-0.4, -0.2) is 29.4 Å². The Hall–Kier alpha value is -2.10. The first-order chi connectivity index (χ1) is 10.0. The summed E-state index contributed by atoms with van der Waals surface area (Å²) in [5, 5.41) is 0. The van der Waals surface area contributed by atoms with E-state index in [1.54, 1.807) is 4.90 Å². The minimum Gasteiger partial charge on any atom is -0.447 e. The van der Waals surface area contributed by atoms with Gasteiger partial charge in [-0.25, -0.2) is 4.79 Å². The van der Waals surface area contributed by atoms with Gasteiger partial charge in [-0.2, -0.15) is 0 Å². The molecule has 0 bridgehead atoms.